The van der Waals surface area contributed by atoms with Crippen molar-refractivity contribution in [3.63, 3.8) is 0 Å². The average Bonchev–Trinajstić information content (AvgIpc) is 4.06. The third-order valence-corrected chi connectivity index (χ3v) is 15.7. The molecule has 0 amide bonds. The van der Waals surface area contributed by atoms with Gasteiger partial charge in [0, 0.05) is 64.3 Å². The van der Waals surface area contributed by atoms with Crippen LogP contribution in [0.25, 0.3) is 96.7 Å². The quantitative estimate of drug-likeness (QED) is 0.191. The number of aliphatic imine (C=N–C) groups is 2. The van der Waals surface area contributed by atoms with Gasteiger partial charge in [-0.25, -0.2) is 9.98 Å². The van der Waals surface area contributed by atoms with Gasteiger partial charge in [0.2, 0.25) is 0 Å². The minimum atomic E-state index is -0.493. The van der Waals surface area contributed by atoms with E-state index in [1.54, 1.807) is 0 Å². The molecule has 13 aromatic rings. The van der Waals surface area contributed by atoms with E-state index in [1.165, 1.54) is 69.5 Å². The molecule has 1 N–H and O–H groups in total. The van der Waals surface area contributed by atoms with Gasteiger partial charge in [-0.3, -0.25) is 0 Å². The van der Waals surface area contributed by atoms with Crippen molar-refractivity contribution in [1.82, 2.24) is 5.32 Å². The van der Waals surface area contributed by atoms with Crippen molar-refractivity contribution in [2.24, 2.45) is 9.98 Å². The van der Waals surface area contributed by atoms with Gasteiger partial charge >= 0.3 is 0 Å². The third kappa shape index (κ3) is 5.68. The first-order valence-corrected chi connectivity index (χ1v) is 24.2. The lowest BCUT2D eigenvalue weighted by atomic mass is 9.82. The molecular weight excluding hydrogens is 851 g/mol. The Labute approximate surface area is 394 Å². The number of fused-ring (bicyclic) bond motifs is 15. The van der Waals surface area contributed by atoms with E-state index in [9.17, 15) is 0 Å². The summed E-state index contributed by atoms with van der Waals surface area (Å²) in [6.45, 7) is 0. The summed E-state index contributed by atoms with van der Waals surface area (Å²) in [6, 6.07) is 70.1. The van der Waals surface area contributed by atoms with Gasteiger partial charge in [0.1, 0.15) is 34.3 Å². The number of hydrogen-bond acceptors (Lipinski definition) is 6. The van der Waals surface area contributed by atoms with E-state index < -0.39 is 6.17 Å². The van der Waals surface area contributed by atoms with Crippen molar-refractivity contribution in [3.8, 4) is 11.1 Å². The Morgan fingerprint density at radius 1 is 0.471 bits per heavy atom. The van der Waals surface area contributed by atoms with Crippen molar-refractivity contribution < 1.29 is 8.83 Å². The lowest BCUT2D eigenvalue weighted by Gasteiger charge is -2.26. The maximum Gasteiger partial charge on any atom is 0.160 e. The van der Waals surface area contributed by atoms with Crippen LogP contribution in [0.2, 0.25) is 0 Å². The van der Waals surface area contributed by atoms with Crippen molar-refractivity contribution in [1.29, 1.82) is 0 Å². The highest BCUT2D eigenvalue weighted by atomic mass is 32.1. The number of aryl methyl sites for hydroxylation is 1. The van der Waals surface area contributed by atoms with Crippen LogP contribution < -0.4 is 5.32 Å². The molecule has 0 radical (unpaired) electrons. The normalized spacial score (nSPS) is 16.1. The van der Waals surface area contributed by atoms with Crippen LogP contribution in [0.5, 0.6) is 0 Å². The summed E-state index contributed by atoms with van der Waals surface area (Å²) in [5.41, 5.74) is 12.9. The summed E-state index contributed by atoms with van der Waals surface area (Å²) in [5.74, 6) is 1.50. The van der Waals surface area contributed by atoms with Gasteiger partial charge in [0.25, 0.3) is 0 Å². The second kappa shape index (κ2) is 14.6. The molecule has 2 unspecified atom stereocenters. The first-order chi connectivity index (χ1) is 33.7. The fourth-order valence-electron chi connectivity index (χ4n) is 11.5. The number of hydrogen-bond donors (Lipinski definition) is 1. The number of thiophene rings is 1. The van der Waals surface area contributed by atoms with Crippen LogP contribution >= 0.6 is 11.3 Å². The molecule has 320 valence electrons. The second-order valence-electron chi connectivity index (χ2n) is 18.3. The Morgan fingerprint density at radius 3 is 2.00 bits per heavy atom. The molecule has 0 saturated carbocycles. The standard InChI is InChI=1S/C62H39N3O2S/c1-2-15-37-32-48-38(31-36(37)14-1)28-29-40(42-30-27-35-13-3-4-16-41(35)56(42)48)39-33-49(58-44-18-6-9-23-51(44)67-53(58)34-39)62-64-60(46-20-11-24-52-57(46)43-17-5-8-22-50(43)66-52)63-61(65-62)47-21-12-26-55-59(47)45-19-7-10-25-54(45)68-55/h1-27,30-34,40,60H,28-29H2,(H,63,64,65). The summed E-state index contributed by atoms with van der Waals surface area (Å²) in [4.78, 5) is 11.2. The summed E-state index contributed by atoms with van der Waals surface area (Å²) < 4.78 is 15.8. The topological polar surface area (TPSA) is 63.0 Å². The fraction of sp³-hybridized carbons (Fsp3) is 0.0645. The zero-order valence-electron chi connectivity index (χ0n) is 36.7. The molecule has 68 heavy (non-hydrogen) atoms. The van der Waals surface area contributed by atoms with Crippen LogP contribution in [-0.2, 0) is 6.42 Å². The SMILES string of the molecule is c1ccc2cc3c(cc2c1)CCC(c1cc(C2=NC(c4cccc5sc6ccccc6c45)=NC(c4cccc5oc6ccccc6c45)N2)c2c(c1)oc1ccccc12)c1ccc2ccccc2c1-3. The van der Waals surface area contributed by atoms with E-state index in [0.29, 0.717) is 5.84 Å². The first-order valence-electron chi connectivity index (χ1n) is 23.4. The molecule has 0 fully saturated rings. The van der Waals surface area contributed by atoms with Gasteiger partial charge in [-0.1, -0.05) is 146 Å². The molecule has 0 saturated heterocycles. The molecule has 6 heteroatoms. The van der Waals surface area contributed by atoms with E-state index in [4.69, 9.17) is 18.8 Å². The van der Waals surface area contributed by atoms with Crippen LogP contribution in [-0.4, -0.2) is 11.7 Å². The molecule has 3 aromatic heterocycles. The van der Waals surface area contributed by atoms with Crippen molar-refractivity contribution >= 4 is 109 Å². The minimum absolute atomic E-state index is 0.0616. The van der Waals surface area contributed by atoms with E-state index in [-0.39, 0.29) is 5.92 Å². The summed E-state index contributed by atoms with van der Waals surface area (Å²) in [7, 11) is 0. The Hall–Kier alpha value is -8.32. The van der Waals surface area contributed by atoms with Gasteiger partial charge in [-0.15, -0.1) is 11.3 Å². The summed E-state index contributed by atoms with van der Waals surface area (Å²) >= 11 is 1.81. The number of para-hydroxylation sites is 2. The highest BCUT2D eigenvalue weighted by Crippen LogP contribution is 2.48. The molecule has 4 heterocycles. The predicted octanol–water partition coefficient (Wildman–Crippen LogP) is 16.4. The zero-order chi connectivity index (χ0) is 44.5. The summed E-state index contributed by atoms with van der Waals surface area (Å²) in [6.07, 6.45) is 1.37. The van der Waals surface area contributed by atoms with Crippen molar-refractivity contribution in [2.45, 2.75) is 24.9 Å². The number of nitrogens with one attached hydrogen (secondary N) is 1. The molecule has 10 aromatic carbocycles. The van der Waals surface area contributed by atoms with Gasteiger partial charge in [0.05, 0.1) is 0 Å². The van der Waals surface area contributed by atoms with Crippen molar-refractivity contribution in [2.75, 3.05) is 0 Å². The van der Waals surface area contributed by atoms with E-state index in [1.807, 2.05) is 23.5 Å². The Morgan fingerprint density at radius 2 is 1.15 bits per heavy atom. The number of amidine groups is 2. The minimum Gasteiger partial charge on any atom is -0.456 e. The zero-order valence-corrected chi connectivity index (χ0v) is 37.5. The smallest absolute Gasteiger partial charge is 0.160 e. The molecule has 2 atom stereocenters. The van der Waals surface area contributed by atoms with E-state index in [0.717, 1.165) is 79.2 Å². The van der Waals surface area contributed by atoms with Crippen LogP contribution in [0.1, 0.15) is 51.9 Å². The molecule has 5 nitrogen and oxygen atoms in total. The lowest BCUT2D eigenvalue weighted by molar-refractivity contribution is 0.661. The van der Waals surface area contributed by atoms with E-state index in [2.05, 4.69) is 187 Å². The molecular formula is C62H39N3O2S. The highest BCUT2D eigenvalue weighted by Gasteiger charge is 2.31. The number of rotatable bonds is 4. The maximum atomic E-state index is 6.91. The van der Waals surface area contributed by atoms with Crippen LogP contribution in [0.4, 0.5) is 0 Å². The molecule has 1 aliphatic heterocycles. The van der Waals surface area contributed by atoms with Gasteiger partial charge in [0.15, 0.2) is 5.84 Å². The van der Waals surface area contributed by atoms with Crippen LogP contribution in [0, 0.1) is 0 Å². The first kappa shape index (κ1) is 37.9. The van der Waals surface area contributed by atoms with Crippen molar-refractivity contribution in [3.05, 3.63) is 228 Å². The average molecular weight is 890 g/mol. The summed E-state index contributed by atoms with van der Waals surface area (Å²) in [5, 5.41) is 15.6. The molecule has 0 spiro atoms. The second-order valence-corrected chi connectivity index (χ2v) is 19.4. The Kier molecular flexibility index (Phi) is 8.12. The molecule has 2 aliphatic rings. The fourth-order valence-corrected chi connectivity index (χ4v) is 12.7. The van der Waals surface area contributed by atoms with E-state index >= 15 is 0 Å². The van der Waals surface area contributed by atoms with Crippen LogP contribution in [0.3, 0.4) is 0 Å². The molecule has 1 aliphatic carbocycles. The van der Waals surface area contributed by atoms with Crippen LogP contribution in [0.15, 0.2) is 213 Å². The Balaban J connectivity index is 0.988. The largest absolute Gasteiger partial charge is 0.456 e. The number of furan rings is 2. The van der Waals surface area contributed by atoms with Gasteiger partial charge in [-0.05, 0) is 111 Å². The lowest BCUT2D eigenvalue weighted by Crippen LogP contribution is -2.34. The van der Waals surface area contributed by atoms with Gasteiger partial charge in [-0.2, -0.15) is 0 Å². The predicted molar refractivity (Wildman–Crippen MR) is 283 cm³/mol. The van der Waals surface area contributed by atoms with Gasteiger partial charge < -0.3 is 14.2 Å². The number of benzene rings is 10. The molecule has 15 rings (SSSR count). The maximum absolute atomic E-state index is 6.91. The highest BCUT2D eigenvalue weighted by molar-refractivity contribution is 7.25. The number of nitrogens with zero attached hydrogens (tertiary/aromatic N) is 2. The third-order valence-electron chi connectivity index (χ3n) is 14.6. The molecule has 0 bridgehead atoms. The Bertz CT molecular complexity index is 4340. The monoisotopic (exact) mass is 889 g/mol.